The van der Waals surface area contributed by atoms with Gasteiger partial charge in [-0.3, -0.25) is 14.4 Å². The molecule has 0 aliphatic carbocycles. The first-order valence-corrected chi connectivity index (χ1v) is 3.70. The number of rotatable bonds is 7. The van der Waals surface area contributed by atoms with Crippen LogP contribution in [0.3, 0.4) is 0 Å². The molecule has 11 heteroatoms. The third-order valence-electron chi connectivity index (χ3n) is 1.51. The number of hydrogen-bond acceptors (Lipinski definition) is 6. The van der Waals surface area contributed by atoms with Gasteiger partial charge in [0, 0.05) is 0 Å². The van der Waals surface area contributed by atoms with Gasteiger partial charge in [-0.2, -0.15) is 0 Å². The largest absolute Gasteiger partial charge is 3.00 e. The van der Waals surface area contributed by atoms with Crippen molar-refractivity contribution in [3.05, 3.63) is 10.1 Å². The Morgan fingerprint density at radius 3 is 1.65 bits per heavy atom. The van der Waals surface area contributed by atoms with Gasteiger partial charge in [-0.05, 0) is 0 Å². The Balaban J connectivity index is 0. The molecule has 0 aromatic heterocycles. The fraction of sp³-hybridized carbons (Fsp3) is 0.500. The van der Waals surface area contributed by atoms with E-state index in [-0.39, 0.29) is 32.7 Å². The van der Waals surface area contributed by atoms with Crippen molar-refractivity contribution < 1.29 is 72.3 Å². The molecule has 0 aliphatic rings. The molecule has 0 bridgehead atoms. The number of carbonyl (C=O) groups is 3. The Bertz CT molecular complexity index is 300. The van der Waals surface area contributed by atoms with Gasteiger partial charge in [-0.25, -0.2) is 4.79 Å². The maximum Gasteiger partial charge on any atom is 3.00 e. The third-order valence-corrected chi connectivity index (χ3v) is 1.51. The number of carboxylic acid groups (broad SMARTS) is 3. The van der Waals surface area contributed by atoms with Crippen LogP contribution in [0.2, 0.25) is 0 Å². The Labute approximate surface area is 119 Å². The second-order valence-electron chi connectivity index (χ2n) is 2.76. The van der Waals surface area contributed by atoms with Gasteiger partial charge in [0.1, 0.15) is 0 Å². The van der Waals surface area contributed by atoms with Crippen molar-refractivity contribution in [3.8, 4) is 0 Å². The quantitative estimate of drug-likeness (QED) is 0.391. The van der Waals surface area contributed by atoms with Crippen molar-refractivity contribution in [1.82, 2.24) is 0 Å². The van der Waals surface area contributed by atoms with Crippen molar-refractivity contribution in [2.24, 2.45) is 0 Å². The summed E-state index contributed by atoms with van der Waals surface area (Å²) in [7, 11) is 0. The minimum atomic E-state index is -2.92. The molecule has 10 nitrogen and oxygen atoms in total. The van der Waals surface area contributed by atoms with Crippen LogP contribution in [0.4, 0.5) is 0 Å². The molecule has 0 heterocycles. The van der Waals surface area contributed by atoms with E-state index >= 15 is 0 Å². The van der Waals surface area contributed by atoms with E-state index in [4.69, 9.17) is 15.3 Å². The Hall–Kier alpha value is -1.29. The molecule has 0 rings (SSSR count). The molecule has 0 atom stereocenters. The van der Waals surface area contributed by atoms with Crippen molar-refractivity contribution in [2.75, 3.05) is 0 Å². The Morgan fingerprint density at radius 2 is 1.47 bits per heavy atom. The van der Waals surface area contributed by atoms with Gasteiger partial charge >= 0.3 is 50.6 Å². The van der Waals surface area contributed by atoms with Crippen LogP contribution in [-0.2, 0) is 51.9 Å². The van der Waals surface area contributed by atoms with Crippen molar-refractivity contribution in [2.45, 2.75) is 18.4 Å². The van der Waals surface area contributed by atoms with E-state index in [1.807, 2.05) is 0 Å². The molecule has 0 spiro atoms. The maximum atomic E-state index is 10.7. The summed E-state index contributed by atoms with van der Waals surface area (Å²) in [4.78, 5) is 45.0. The van der Waals surface area contributed by atoms with Gasteiger partial charge in [-0.1, -0.05) is 0 Å². The molecule has 0 amide bonds. The second kappa shape index (κ2) is 7.12. The summed E-state index contributed by atoms with van der Waals surface area (Å²) < 4.78 is 0. The molecular weight excluding hydrogens is 319 g/mol. The molecule has 0 radical (unpaired) electrons. The molecule has 0 aliphatic heterocycles. The van der Waals surface area contributed by atoms with Crippen LogP contribution in [0.5, 0.6) is 0 Å². The van der Waals surface area contributed by atoms with Gasteiger partial charge < -0.3 is 15.3 Å². The van der Waals surface area contributed by atoms with Crippen LogP contribution in [-0.4, -0.2) is 43.9 Å². The molecule has 0 unspecified atom stereocenters. The molecule has 17 heavy (non-hydrogen) atoms. The molecule has 0 aromatic rings. The monoisotopic (exact) mass is 326 g/mol. The fourth-order valence-electron chi connectivity index (χ4n) is 0.949. The second-order valence-corrected chi connectivity index (χ2v) is 2.76. The first-order valence-electron chi connectivity index (χ1n) is 3.70. The smallest absolute Gasteiger partial charge is 0.481 e. The minimum absolute atomic E-state index is 0. The normalized spacial score (nSPS) is 9.88. The van der Waals surface area contributed by atoms with Crippen LogP contribution < -0.4 is 0 Å². The van der Waals surface area contributed by atoms with E-state index < -0.39 is 41.4 Å². The van der Waals surface area contributed by atoms with Gasteiger partial charge in [0.05, 0.1) is 12.8 Å². The molecule has 0 fully saturated rings. The molecule has 3 N–H and O–H groups in total. The summed E-state index contributed by atoms with van der Waals surface area (Å²) in [6.07, 6.45) is -2.68. The predicted octanol–water partition coefficient (Wildman–Crippen LogP) is -1.03. The summed E-state index contributed by atoms with van der Waals surface area (Å²) in [6, 6.07) is 0. The first-order chi connectivity index (χ1) is 7.19. The fourth-order valence-corrected chi connectivity index (χ4v) is 0.949. The average Bonchev–Trinajstić information content (AvgIpc) is 1.98. The summed E-state index contributed by atoms with van der Waals surface area (Å²) in [5, 5.41) is 33.8. The first kappa shape index (κ1) is 18.1. The molecule has 0 saturated carbocycles. The Morgan fingerprint density at radius 1 is 1.12 bits per heavy atom. The standard InChI is InChI=1S/C6H7NO9.Y/c8-3(9)1-6(5(12)13,2-4(10)11)16-7(14)15;/h1-2H2,(H,8,9)(H,10,11)(H,12,13);/q;+3. The van der Waals surface area contributed by atoms with Crippen LogP contribution in [0.15, 0.2) is 0 Å². The van der Waals surface area contributed by atoms with Crippen molar-refractivity contribution >= 4 is 17.9 Å². The average molecular weight is 326 g/mol. The SMILES string of the molecule is O=C(O)CC(CC(=O)O)(O[N+](=O)[O-])C(=O)O.[Y+3]. The van der Waals surface area contributed by atoms with Gasteiger partial charge in [0.25, 0.3) is 5.09 Å². The number of nitrogens with zero attached hydrogens (tertiary/aromatic N) is 1. The zero-order chi connectivity index (χ0) is 12.9. The van der Waals surface area contributed by atoms with Crippen LogP contribution in [0.1, 0.15) is 12.8 Å². The van der Waals surface area contributed by atoms with E-state index in [9.17, 15) is 24.5 Å². The molecule has 0 aromatic carbocycles. The van der Waals surface area contributed by atoms with Crippen molar-refractivity contribution in [1.29, 1.82) is 0 Å². The molecule has 0 saturated heterocycles. The van der Waals surface area contributed by atoms with Crippen LogP contribution in [0.25, 0.3) is 0 Å². The topological polar surface area (TPSA) is 164 Å². The van der Waals surface area contributed by atoms with E-state index in [1.165, 1.54) is 0 Å². The van der Waals surface area contributed by atoms with E-state index in [2.05, 4.69) is 4.84 Å². The van der Waals surface area contributed by atoms with Gasteiger partial charge in [-0.15, -0.1) is 10.1 Å². The van der Waals surface area contributed by atoms with Crippen LogP contribution in [0, 0.1) is 10.1 Å². The summed E-state index contributed by atoms with van der Waals surface area (Å²) in [6.45, 7) is 0. The Kier molecular flexibility index (Phi) is 7.58. The maximum absolute atomic E-state index is 10.7. The van der Waals surface area contributed by atoms with Crippen LogP contribution >= 0.6 is 0 Å². The van der Waals surface area contributed by atoms with E-state index in [1.54, 1.807) is 0 Å². The summed E-state index contributed by atoms with van der Waals surface area (Å²) in [5.74, 6) is -5.50. The zero-order valence-corrected chi connectivity index (χ0v) is 11.1. The predicted molar refractivity (Wildman–Crippen MR) is 43.0 cm³/mol. The summed E-state index contributed by atoms with van der Waals surface area (Å²) in [5.41, 5.74) is -2.92. The van der Waals surface area contributed by atoms with Gasteiger partial charge in [0.2, 0.25) is 5.60 Å². The summed E-state index contributed by atoms with van der Waals surface area (Å²) >= 11 is 0. The zero-order valence-electron chi connectivity index (χ0n) is 8.23. The van der Waals surface area contributed by atoms with Gasteiger partial charge in [0.15, 0.2) is 0 Å². The number of aliphatic carboxylic acids is 3. The number of hydrogen-bond donors (Lipinski definition) is 3. The minimum Gasteiger partial charge on any atom is -0.481 e. The van der Waals surface area contributed by atoms with Crippen molar-refractivity contribution in [3.63, 3.8) is 0 Å². The van der Waals surface area contributed by atoms with E-state index in [0.717, 1.165) is 0 Å². The molecule has 90 valence electrons. The molecular formula is C6H7NO9Y+3. The number of carboxylic acids is 3. The van der Waals surface area contributed by atoms with E-state index in [0.29, 0.717) is 0 Å². The third kappa shape index (κ3) is 6.12.